The first-order chi connectivity index (χ1) is 10.6. The lowest BCUT2D eigenvalue weighted by molar-refractivity contribution is -0.130. The summed E-state index contributed by atoms with van der Waals surface area (Å²) in [5, 5.41) is 3.04. The Hall–Kier alpha value is -1.46. The molecule has 0 aromatic heterocycles. The van der Waals surface area contributed by atoms with Crippen molar-refractivity contribution in [2.45, 2.75) is 32.1 Å². The van der Waals surface area contributed by atoms with Gasteiger partial charge in [0.2, 0.25) is 5.91 Å². The van der Waals surface area contributed by atoms with Crippen LogP contribution < -0.4 is 20.5 Å². The Balaban J connectivity index is 0.00000264. The second-order valence-corrected chi connectivity index (χ2v) is 5.89. The van der Waals surface area contributed by atoms with Crippen LogP contribution in [0.5, 0.6) is 11.5 Å². The van der Waals surface area contributed by atoms with E-state index in [0.717, 1.165) is 37.7 Å². The molecule has 2 rings (SSSR count). The Morgan fingerprint density at radius 2 is 1.87 bits per heavy atom. The van der Waals surface area contributed by atoms with Gasteiger partial charge < -0.3 is 20.5 Å². The van der Waals surface area contributed by atoms with Crippen molar-refractivity contribution in [3.8, 4) is 11.5 Å². The SMILES string of the molecule is COc1ccc(CCNC(=O)C2(CN)CCCC2)cc1OC.Cl. The van der Waals surface area contributed by atoms with Gasteiger partial charge in [-0.3, -0.25) is 4.79 Å². The average Bonchev–Trinajstić information content (AvgIpc) is 3.04. The Bertz CT molecular complexity index is 517. The molecule has 0 unspecified atom stereocenters. The maximum atomic E-state index is 12.4. The highest BCUT2D eigenvalue weighted by atomic mass is 35.5. The minimum Gasteiger partial charge on any atom is -0.493 e. The predicted octanol–water partition coefficient (Wildman–Crippen LogP) is 2.30. The van der Waals surface area contributed by atoms with E-state index in [-0.39, 0.29) is 23.7 Å². The van der Waals surface area contributed by atoms with Gasteiger partial charge in [0, 0.05) is 13.1 Å². The molecule has 1 aromatic rings. The van der Waals surface area contributed by atoms with E-state index < -0.39 is 0 Å². The number of nitrogens with two attached hydrogens (primary N) is 1. The molecule has 0 aliphatic heterocycles. The summed E-state index contributed by atoms with van der Waals surface area (Å²) in [6.07, 6.45) is 4.77. The zero-order valence-electron chi connectivity index (χ0n) is 13.9. The summed E-state index contributed by atoms with van der Waals surface area (Å²) in [5.74, 6) is 1.52. The van der Waals surface area contributed by atoms with Crippen molar-refractivity contribution in [3.63, 3.8) is 0 Å². The number of methoxy groups -OCH3 is 2. The summed E-state index contributed by atoms with van der Waals surface area (Å²) < 4.78 is 10.5. The van der Waals surface area contributed by atoms with E-state index in [9.17, 15) is 4.79 Å². The number of rotatable bonds is 7. The quantitative estimate of drug-likeness (QED) is 0.797. The van der Waals surface area contributed by atoms with Crippen molar-refractivity contribution in [3.05, 3.63) is 23.8 Å². The van der Waals surface area contributed by atoms with Gasteiger partial charge in [0.25, 0.3) is 0 Å². The molecule has 1 saturated carbocycles. The molecule has 1 amide bonds. The fraction of sp³-hybridized carbons (Fsp3) is 0.588. The molecule has 0 heterocycles. The molecule has 0 spiro atoms. The fourth-order valence-electron chi connectivity index (χ4n) is 3.12. The highest BCUT2D eigenvalue weighted by Crippen LogP contribution is 2.37. The Kier molecular flexibility index (Phi) is 7.65. The Morgan fingerprint density at radius 1 is 1.22 bits per heavy atom. The molecule has 6 heteroatoms. The number of carbonyl (C=O) groups excluding carboxylic acids is 1. The van der Waals surface area contributed by atoms with Gasteiger partial charge >= 0.3 is 0 Å². The van der Waals surface area contributed by atoms with Crippen LogP contribution in [0.2, 0.25) is 0 Å². The lowest BCUT2D eigenvalue weighted by Gasteiger charge is -2.25. The molecule has 0 radical (unpaired) electrons. The van der Waals surface area contributed by atoms with Crippen LogP contribution in [0.1, 0.15) is 31.2 Å². The summed E-state index contributed by atoms with van der Waals surface area (Å²) in [7, 11) is 3.24. The van der Waals surface area contributed by atoms with Gasteiger partial charge in [0.05, 0.1) is 19.6 Å². The zero-order chi connectivity index (χ0) is 16.0. The molecule has 3 N–H and O–H groups in total. The number of nitrogens with one attached hydrogen (secondary N) is 1. The number of ether oxygens (including phenoxy) is 2. The van der Waals surface area contributed by atoms with E-state index in [0.29, 0.717) is 24.6 Å². The molecular formula is C17H27ClN2O3. The topological polar surface area (TPSA) is 73.6 Å². The third-order valence-electron chi connectivity index (χ3n) is 4.58. The molecule has 0 saturated heterocycles. The van der Waals surface area contributed by atoms with Gasteiger partial charge in [-0.1, -0.05) is 18.9 Å². The lowest BCUT2D eigenvalue weighted by Crippen LogP contribution is -2.44. The summed E-state index contributed by atoms with van der Waals surface area (Å²) in [6.45, 7) is 1.05. The van der Waals surface area contributed by atoms with E-state index in [2.05, 4.69) is 5.32 Å². The smallest absolute Gasteiger partial charge is 0.227 e. The van der Waals surface area contributed by atoms with Crippen LogP contribution in [-0.4, -0.2) is 33.2 Å². The molecule has 1 aliphatic rings. The maximum absolute atomic E-state index is 12.4. The van der Waals surface area contributed by atoms with Crippen LogP contribution in [0, 0.1) is 5.41 Å². The molecule has 23 heavy (non-hydrogen) atoms. The van der Waals surface area contributed by atoms with Crippen LogP contribution in [0.15, 0.2) is 18.2 Å². The molecule has 130 valence electrons. The summed E-state index contributed by atoms with van der Waals surface area (Å²) in [6, 6.07) is 5.81. The summed E-state index contributed by atoms with van der Waals surface area (Å²) >= 11 is 0. The second-order valence-electron chi connectivity index (χ2n) is 5.89. The standard InChI is InChI=1S/C17H26N2O3.ClH/c1-21-14-6-5-13(11-15(14)22-2)7-10-19-16(20)17(12-18)8-3-4-9-17;/h5-6,11H,3-4,7-10,12,18H2,1-2H3,(H,19,20);1H. The molecule has 0 bridgehead atoms. The van der Waals surface area contributed by atoms with Crippen molar-refractivity contribution in [1.29, 1.82) is 0 Å². The molecule has 0 atom stereocenters. The first-order valence-corrected chi connectivity index (χ1v) is 7.84. The highest BCUT2D eigenvalue weighted by Gasteiger charge is 2.39. The normalized spacial score (nSPS) is 15.6. The second kappa shape index (κ2) is 8.99. The van der Waals surface area contributed by atoms with Crippen LogP contribution in [0.3, 0.4) is 0 Å². The minimum atomic E-state index is -0.336. The average molecular weight is 343 g/mol. The third-order valence-corrected chi connectivity index (χ3v) is 4.58. The van der Waals surface area contributed by atoms with Crippen molar-refractivity contribution in [2.75, 3.05) is 27.3 Å². The zero-order valence-corrected chi connectivity index (χ0v) is 14.7. The van der Waals surface area contributed by atoms with Gasteiger partial charge in [-0.25, -0.2) is 0 Å². The first-order valence-electron chi connectivity index (χ1n) is 7.84. The van der Waals surface area contributed by atoms with Gasteiger partial charge in [0.1, 0.15) is 0 Å². The van der Waals surface area contributed by atoms with Crippen molar-refractivity contribution in [2.24, 2.45) is 11.1 Å². The minimum absolute atomic E-state index is 0. The third kappa shape index (κ3) is 4.52. The maximum Gasteiger partial charge on any atom is 0.227 e. The number of hydrogen-bond acceptors (Lipinski definition) is 4. The van der Waals surface area contributed by atoms with Crippen LogP contribution in [0.4, 0.5) is 0 Å². The first kappa shape index (κ1) is 19.6. The lowest BCUT2D eigenvalue weighted by atomic mass is 9.85. The number of amides is 1. The van der Waals surface area contributed by atoms with Crippen molar-refractivity contribution < 1.29 is 14.3 Å². The Morgan fingerprint density at radius 3 is 2.43 bits per heavy atom. The predicted molar refractivity (Wildman–Crippen MR) is 93.5 cm³/mol. The van der Waals surface area contributed by atoms with Crippen LogP contribution in [-0.2, 0) is 11.2 Å². The summed E-state index contributed by atoms with van der Waals surface area (Å²) in [5.41, 5.74) is 6.60. The molecule has 1 fully saturated rings. The van der Waals surface area contributed by atoms with E-state index in [1.165, 1.54) is 0 Å². The van der Waals surface area contributed by atoms with E-state index in [1.807, 2.05) is 18.2 Å². The van der Waals surface area contributed by atoms with Gasteiger partial charge in [0.15, 0.2) is 11.5 Å². The van der Waals surface area contributed by atoms with Crippen LogP contribution in [0.25, 0.3) is 0 Å². The largest absolute Gasteiger partial charge is 0.493 e. The van der Waals surface area contributed by atoms with Crippen LogP contribution >= 0.6 is 12.4 Å². The molecule has 5 nitrogen and oxygen atoms in total. The molecule has 1 aliphatic carbocycles. The number of benzene rings is 1. The van der Waals surface area contributed by atoms with Gasteiger partial charge in [-0.2, -0.15) is 0 Å². The highest BCUT2D eigenvalue weighted by molar-refractivity contribution is 5.85. The van der Waals surface area contributed by atoms with E-state index >= 15 is 0 Å². The fourth-order valence-corrected chi connectivity index (χ4v) is 3.12. The van der Waals surface area contributed by atoms with Gasteiger partial charge in [-0.05, 0) is 37.0 Å². The van der Waals surface area contributed by atoms with E-state index in [1.54, 1.807) is 14.2 Å². The molecule has 1 aromatic carbocycles. The van der Waals surface area contributed by atoms with Gasteiger partial charge in [-0.15, -0.1) is 12.4 Å². The Labute approximate surface area is 144 Å². The monoisotopic (exact) mass is 342 g/mol. The van der Waals surface area contributed by atoms with E-state index in [4.69, 9.17) is 15.2 Å². The summed E-state index contributed by atoms with van der Waals surface area (Å²) in [4.78, 5) is 12.4. The van der Waals surface area contributed by atoms with Crippen molar-refractivity contribution in [1.82, 2.24) is 5.32 Å². The van der Waals surface area contributed by atoms with Crippen molar-refractivity contribution >= 4 is 18.3 Å². The number of halogens is 1. The number of hydrogen-bond donors (Lipinski definition) is 2. The molecular weight excluding hydrogens is 316 g/mol. The number of carbonyl (C=O) groups is 1.